The Morgan fingerprint density at radius 3 is 2.90 bits per heavy atom. The summed E-state index contributed by atoms with van der Waals surface area (Å²) in [5.41, 5.74) is 7.37. The highest BCUT2D eigenvalue weighted by molar-refractivity contribution is 9.10. The van der Waals surface area contributed by atoms with Crippen molar-refractivity contribution < 1.29 is 9.26 Å². The van der Waals surface area contributed by atoms with Gasteiger partial charge in [-0.15, -0.1) is 0 Å². The maximum absolute atomic E-state index is 6.16. The first-order chi connectivity index (χ1) is 9.44. The number of ether oxygens (including phenoxy) is 1. The summed E-state index contributed by atoms with van der Waals surface area (Å²) in [6.07, 6.45) is 0. The van der Waals surface area contributed by atoms with Crippen molar-refractivity contribution in [3.63, 3.8) is 0 Å². The van der Waals surface area contributed by atoms with E-state index < -0.39 is 5.54 Å². The molecular weight excluding hydrogens is 322 g/mol. The lowest BCUT2D eigenvalue weighted by atomic mass is 10.1. The highest BCUT2D eigenvalue weighted by atomic mass is 79.9. The van der Waals surface area contributed by atoms with Gasteiger partial charge >= 0.3 is 0 Å². The molecule has 2 rings (SSSR count). The van der Waals surface area contributed by atoms with E-state index in [1.54, 1.807) is 0 Å². The average molecular weight is 340 g/mol. The fraction of sp³-hybridized carbons (Fsp3) is 0.429. The Bertz CT molecular complexity index is 596. The smallest absolute Gasteiger partial charge is 0.259 e. The molecule has 0 spiro atoms. The number of halogens is 1. The van der Waals surface area contributed by atoms with Gasteiger partial charge in [0.1, 0.15) is 5.54 Å². The van der Waals surface area contributed by atoms with Gasteiger partial charge in [-0.1, -0.05) is 16.8 Å². The normalized spacial score (nSPS) is 14.2. The number of nitrogens with two attached hydrogens (primary N) is 1. The Balaban J connectivity index is 2.31. The maximum atomic E-state index is 6.16. The van der Waals surface area contributed by atoms with Crippen molar-refractivity contribution in [1.29, 1.82) is 0 Å². The average Bonchev–Trinajstić information content (AvgIpc) is 2.89. The zero-order valence-electron chi connectivity index (χ0n) is 11.8. The third-order valence-corrected chi connectivity index (χ3v) is 3.59. The van der Waals surface area contributed by atoms with Crippen molar-refractivity contribution in [2.45, 2.75) is 26.3 Å². The van der Waals surface area contributed by atoms with Crippen LogP contribution in [0.4, 0.5) is 0 Å². The molecular formula is C14H18BrN3O2. The number of aryl methyl sites for hydroxylation is 1. The van der Waals surface area contributed by atoms with Crippen molar-refractivity contribution in [3.05, 3.63) is 34.1 Å². The van der Waals surface area contributed by atoms with Crippen LogP contribution in [0.1, 0.15) is 25.2 Å². The van der Waals surface area contributed by atoms with Gasteiger partial charge in [0, 0.05) is 11.1 Å². The fourth-order valence-electron chi connectivity index (χ4n) is 1.75. The van der Waals surface area contributed by atoms with Crippen LogP contribution in [-0.2, 0) is 10.3 Å². The van der Waals surface area contributed by atoms with E-state index in [9.17, 15) is 0 Å². The summed E-state index contributed by atoms with van der Waals surface area (Å²) >= 11 is 3.49. The van der Waals surface area contributed by atoms with Crippen LogP contribution in [0.15, 0.2) is 27.2 Å². The van der Waals surface area contributed by atoms with E-state index in [1.165, 1.54) is 0 Å². The van der Waals surface area contributed by atoms with Gasteiger partial charge in [-0.3, -0.25) is 0 Å². The zero-order chi connectivity index (χ0) is 14.8. The van der Waals surface area contributed by atoms with Crippen molar-refractivity contribution in [1.82, 2.24) is 10.1 Å². The van der Waals surface area contributed by atoms with E-state index in [1.807, 2.05) is 39.0 Å². The Morgan fingerprint density at radius 1 is 1.45 bits per heavy atom. The summed E-state index contributed by atoms with van der Waals surface area (Å²) in [5, 5.41) is 3.98. The third kappa shape index (κ3) is 3.26. The number of aromatic nitrogens is 2. The van der Waals surface area contributed by atoms with Crippen molar-refractivity contribution in [3.8, 4) is 11.5 Å². The lowest BCUT2D eigenvalue weighted by Gasteiger charge is -2.19. The van der Waals surface area contributed by atoms with Gasteiger partial charge in [0.2, 0.25) is 0 Å². The predicted molar refractivity (Wildman–Crippen MR) is 80.2 cm³/mol. The summed E-state index contributed by atoms with van der Waals surface area (Å²) in [7, 11) is 0. The van der Waals surface area contributed by atoms with Crippen molar-refractivity contribution >= 4 is 15.9 Å². The molecule has 0 bridgehead atoms. The van der Waals surface area contributed by atoms with Crippen molar-refractivity contribution in [2.24, 2.45) is 5.73 Å². The molecule has 20 heavy (non-hydrogen) atoms. The van der Waals surface area contributed by atoms with Crippen LogP contribution in [0.3, 0.4) is 0 Å². The molecule has 2 N–H and O–H groups in total. The van der Waals surface area contributed by atoms with Crippen LogP contribution in [0.2, 0.25) is 0 Å². The molecule has 0 saturated heterocycles. The molecule has 1 heterocycles. The Morgan fingerprint density at radius 2 is 2.20 bits per heavy atom. The van der Waals surface area contributed by atoms with E-state index in [4.69, 9.17) is 15.0 Å². The minimum absolute atomic E-state index is 0.345. The van der Waals surface area contributed by atoms with Crippen LogP contribution in [0.5, 0.6) is 0 Å². The third-order valence-electron chi connectivity index (χ3n) is 2.90. The second-order valence-electron chi connectivity index (χ2n) is 4.96. The van der Waals surface area contributed by atoms with Gasteiger partial charge in [0.05, 0.1) is 12.2 Å². The van der Waals surface area contributed by atoms with Crippen LogP contribution in [-0.4, -0.2) is 23.4 Å². The predicted octanol–water partition coefficient (Wildman–Crippen LogP) is 3.02. The van der Waals surface area contributed by atoms with E-state index in [0.717, 1.165) is 15.6 Å². The molecule has 6 heteroatoms. The SMILES string of the molecule is CCOCC(C)(N)c1noc(-c2cc(C)ccc2Br)n1. The molecule has 1 atom stereocenters. The van der Waals surface area contributed by atoms with Crippen LogP contribution in [0.25, 0.3) is 11.5 Å². The topological polar surface area (TPSA) is 74.2 Å². The molecule has 2 aromatic rings. The number of hydrogen-bond donors (Lipinski definition) is 1. The summed E-state index contributed by atoms with van der Waals surface area (Å²) < 4.78 is 11.6. The summed E-state index contributed by atoms with van der Waals surface area (Å²) in [6.45, 7) is 6.69. The molecule has 0 amide bonds. The minimum Gasteiger partial charge on any atom is -0.379 e. The standard InChI is InChI=1S/C14H18BrN3O2/c1-4-19-8-14(3,16)13-17-12(20-18-13)10-7-9(2)5-6-11(10)15/h5-7H,4,8,16H2,1-3H3. The molecule has 1 aromatic carbocycles. The second-order valence-corrected chi connectivity index (χ2v) is 5.82. The molecule has 0 aliphatic heterocycles. The molecule has 0 aliphatic rings. The lowest BCUT2D eigenvalue weighted by Crippen LogP contribution is -2.39. The quantitative estimate of drug-likeness (QED) is 0.906. The summed E-state index contributed by atoms with van der Waals surface area (Å²) in [4.78, 5) is 4.39. The van der Waals surface area contributed by atoms with E-state index >= 15 is 0 Å². The number of nitrogens with zero attached hydrogens (tertiary/aromatic N) is 2. The molecule has 1 unspecified atom stereocenters. The highest BCUT2D eigenvalue weighted by Crippen LogP contribution is 2.29. The van der Waals surface area contributed by atoms with Crippen LogP contribution in [0, 0.1) is 6.92 Å². The first-order valence-electron chi connectivity index (χ1n) is 6.41. The first-order valence-corrected chi connectivity index (χ1v) is 7.20. The number of rotatable bonds is 5. The Hall–Kier alpha value is -1.24. The zero-order valence-corrected chi connectivity index (χ0v) is 13.4. The molecule has 1 aromatic heterocycles. The maximum Gasteiger partial charge on any atom is 0.259 e. The fourth-order valence-corrected chi connectivity index (χ4v) is 2.16. The first kappa shape index (κ1) is 15.2. The molecule has 108 valence electrons. The minimum atomic E-state index is -0.770. The molecule has 0 fully saturated rings. The number of hydrogen-bond acceptors (Lipinski definition) is 5. The van der Waals surface area contributed by atoms with Crippen molar-refractivity contribution in [2.75, 3.05) is 13.2 Å². The van der Waals surface area contributed by atoms with Gasteiger partial charge in [-0.05, 0) is 48.8 Å². The van der Waals surface area contributed by atoms with Gasteiger partial charge in [0.15, 0.2) is 5.82 Å². The summed E-state index contributed by atoms with van der Waals surface area (Å²) in [5.74, 6) is 0.887. The highest BCUT2D eigenvalue weighted by Gasteiger charge is 2.28. The van der Waals surface area contributed by atoms with E-state index in [0.29, 0.717) is 24.9 Å². The monoisotopic (exact) mass is 339 g/mol. The molecule has 0 aliphatic carbocycles. The van der Waals surface area contributed by atoms with E-state index in [-0.39, 0.29) is 0 Å². The lowest BCUT2D eigenvalue weighted by molar-refractivity contribution is 0.0962. The Kier molecular flexibility index (Phi) is 4.57. The van der Waals surface area contributed by atoms with Crippen LogP contribution < -0.4 is 5.73 Å². The molecule has 0 radical (unpaired) electrons. The Labute approximate surface area is 126 Å². The molecule has 0 saturated carbocycles. The van der Waals surface area contributed by atoms with E-state index in [2.05, 4.69) is 26.1 Å². The van der Waals surface area contributed by atoms with Gasteiger partial charge in [-0.25, -0.2) is 0 Å². The van der Waals surface area contributed by atoms with Gasteiger partial charge < -0.3 is 15.0 Å². The van der Waals surface area contributed by atoms with Gasteiger partial charge in [0.25, 0.3) is 5.89 Å². The molecule has 5 nitrogen and oxygen atoms in total. The van der Waals surface area contributed by atoms with Gasteiger partial charge in [-0.2, -0.15) is 4.98 Å². The van der Waals surface area contributed by atoms with Crippen LogP contribution >= 0.6 is 15.9 Å². The largest absolute Gasteiger partial charge is 0.379 e. The summed E-state index contributed by atoms with van der Waals surface area (Å²) in [6, 6.07) is 5.95. The number of benzene rings is 1. The second kappa shape index (κ2) is 6.03.